The van der Waals surface area contributed by atoms with Gasteiger partial charge in [0.2, 0.25) is 11.6 Å². The molecule has 1 aromatic heterocycles. The van der Waals surface area contributed by atoms with E-state index in [9.17, 15) is 5.11 Å². The maximum Gasteiger partial charge on any atom is 0.240 e. The monoisotopic (exact) mass is 322 g/mol. The van der Waals surface area contributed by atoms with Crippen LogP contribution in [0.4, 0.5) is 23.0 Å². The molecule has 3 N–H and O–H groups in total. The largest absolute Gasteiger partial charge is 0.507 e. The van der Waals surface area contributed by atoms with Crippen LogP contribution >= 0.6 is 0 Å². The van der Waals surface area contributed by atoms with Crippen LogP contribution in [0, 0.1) is 6.92 Å². The number of hydrogen-bond acceptors (Lipinski definition) is 8. The van der Waals surface area contributed by atoms with Crippen molar-refractivity contribution < 1.29 is 9.74 Å². The van der Waals surface area contributed by atoms with Gasteiger partial charge < -0.3 is 10.8 Å². The minimum absolute atomic E-state index is 0.0445. The molecule has 1 heterocycles. The van der Waals surface area contributed by atoms with E-state index in [2.05, 4.69) is 30.2 Å². The number of aryl methyl sites for hydroxylation is 1. The van der Waals surface area contributed by atoms with Gasteiger partial charge in [0.25, 0.3) is 0 Å². The number of aromatic nitrogens is 2. The van der Waals surface area contributed by atoms with Crippen molar-refractivity contribution in [3.8, 4) is 5.75 Å². The Kier molecular flexibility index (Phi) is 4.28. The summed E-state index contributed by atoms with van der Waals surface area (Å²) in [6.07, 6.45) is 1.40. The lowest BCUT2D eigenvalue weighted by Crippen LogP contribution is -1.85. The van der Waals surface area contributed by atoms with Crippen molar-refractivity contribution in [3.63, 3.8) is 0 Å². The zero-order valence-corrected chi connectivity index (χ0v) is 12.8. The highest BCUT2D eigenvalue weighted by Crippen LogP contribution is 2.25. The molecule has 0 radical (unpaired) electrons. The minimum atomic E-state index is 0.0445. The van der Waals surface area contributed by atoms with Crippen molar-refractivity contribution in [2.24, 2.45) is 15.2 Å². The predicted octanol–water partition coefficient (Wildman–Crippen LogP) is 3.83. The van der Waals surface area contributed by atoms with E-state index in [4.69, 9.17) is 5.73 Å². The summed E-state index contributed by atoms with van der Waals surface area (Å²) in [6.45, 7) is 2.00. The van der Waals surface area contributed by atoms with Gasteiger partial charge in [-0.2, -0.15) is 10.2 Å². The summed E-state index contributed by atoms with van der Waals surface area (Å²) in [6, 6.07) is 12.5. The summed E-state index contributed by atoms with van der Waals surface area (Å²) >= 11 is 0. The van der Waals surface area contributed by atoms with Crippen molar-refractivity contribution in [1.82, 2.24) is 10.3 Å². The minimum Gasteiger partial charge on any atom is -0.507 e. The number of aromatic hydroxyl groups is 1. The summed E-state index contributed by atoms with van der Waals surface area (Å²) in [5, 5.41) is 25.2. The van der Waals surface area contributed by atoms with E-state index >= 15 is 0 Å². The highest BCUT2D eigenvalue weighted by Gasteiger charge is 2.04. The first-order valence-corrected chi connectivity index (χ1v) is 7.05. The quantitative estimate of drug-likeness (QED) is 0.558. The lowest BCUT2D eigenvalue weighted by atomic mass is 10.2. The fraction of sp³-hybridized carbons (Fsp3) is 0.0625. The zero-order chi connectivity index (χ0) is 16.9. The van der Waals surface area contributed by atoms with Crippen LogP contribution in [0.25, 0.3) is 0 Å². The van der Waals surface area contributed by atoms with Gasteiger partial charge in [-0.15, -0.1) is 0 Å². The zero-order valence-electron chi connectivity index (χ0n) is 12.8. The number of nitrogen functional groups attached to an aromatic ring is 1. The Balaban J connectivity index is 1.82. The highest BCUT2D eigenvalue weighted by atomic mass is 16.6. The number of rotatable bonds is 4. The van der Waals surface area contributed by atoms with E-state index in [1.807, 2.05) is 31.2 Å². The SMILES string of the molecule is Cc1ccc(N=Nc2ccc(O)c(C=Nc3nonc3N)c2)cc1. The molecule has 120 valence electrons. The van der Waals surface area contributed by atoms with Crippen LogP contribution in [0.3, 0.4) is 0 Å². The summed E-state index contributed by atoms with van der Waals surface area (Å²) in [4.78, 5) is 4.02. The lowest BCUT2D eigenvalue weighted by Gasteiger charge is -2.00. The van der Waals surface area contributed by atoms with Crippen LogP contribution < -0.4 is 5.73 Å². The van der Waals surface area contributed by atoms with Gasteiger partial charge >= 0.3 is 0 Å². The normalized spacial score (nSPS) is 11.5. The fourth-order valence-electron chi connectivity index (χ4n) is 1.85. The van der Waals surface area contributed by atoms with Gasteiger partial charge in [-0.05, 0) is 47.6 Å². The van der Waals surface area contributed by atoms with E-state index in [-0.39, 0.29) is 17.4 Å². The lowest BCUT2D eigenvalue weighted by molar-refractivity contribution is 0.310. The maximum absolute atomic E-state index is 9.89. The number of nitrogens with two attached hydrogens (primary N) is 1. The van der Waals surface area contributed by atoms with Gasteiger partial charge in [0.05, 0.1) is 11.4 Å². The van der Waals surface area contributed by atoms with Crippen molar-refractivity contribution in [2.45, 2.75) is 6.92 Å². The second-order valence-corrected chi connectivity index (χ2v) is 5.01. The van der Waals surface area contributed by atoms with Crippen molar-refractivity contribution in [2.75, 3.05) is 5.73 Å². The van der Waals surface area contributed by atoms with Crippen LogP contribution in [0.2, 0.25) is 0 Å². The molecule has 0 aliphatic rings. The predicted molar refractivity (Wildman–Crippen MR) is 89.4 cm³/mol. The smallest absolute Gasteiger partial charge is 0.240 e. The molecular weight excluding hydrogens is 308 g/mol. The van der Waals surface area contributed by atoms with Gasteiger partial charge in [-0.3, -0.25) is 0 Å². The summed E-state index contributed by atoms with van der Waals surface area (Å²) in [7, 11) is 0. The molecule has 0 atom stereocenters. The van der Waals surface area contributed by atoms with Gasteiger partial charge in [0.15, 0.2) is 0 Å². The van der Waals surface area contributed by atoms with Gasteiger partial charge in [-0.25, -0.2) is 9.62 Å². The van der Waals surface area contributed by atoms with Crippen molar-refractivity contribution in [3.05, 3.63) is 53.6 Å². The Morgan fingerprint density at radius 2 is 1.75 bits per heavy atom. The molecule has 0 aliphatic carbocycles. The average molecular weight is 322 g/mol. The fourth-order valence-corrected chi connectivity index (χ4v) is 1.85. The standard InChI is InChI=1S/C16H14N6O2/c1-10-2-4-12(5-3-10)19-20-13-6-7-14(23)11(8-13)9-18-16-15(17)21-24-22-16/h2-9,23H,1H3,(H2,17,21). The molecule has 0 spiro atoms. The summed E-state index contributed by atoms with van der Waals surface area (Å²) < 4.78 is 4.45. The molecule has 3 aromatic rings. The highest BCUT2D eigenvalue weighted by molar-refractivity contribution is 5.86. The average Bonchev–Trinajstić information content (AvgIpc) is 2.99. The molecule has 0 saturated carbocycles. The summed E-state index contributed by atoms with van der Waals surface area (Å²) in [5.74, 6) is 0.255. The van der Waals surface area contributed by atoms with Crippen molar-refractivity contribution in [1.29, 1.82) is 0 Å². The van der Waals surface area contributed by atoms with Crippen LogP contribution in [0.5, 0.6) is 5.75 Å². The Morgan fingerprint density at radius 1 is 1.04 bits per heavy atom. The van der Waals surface area contributed by atoms with E-state index in [1.54, 1.807) is 12.1 Å². The number of phenolic OH excluding ortho intramolecular Hbond substituents is 1. The number of nitrogens with zero attached hydrogens (tertiary/aromatic N) is 5. The number of anilines is 1. The molecule has 0 fully saturated rings. The second kappa shape index (κ2) is 6.69. The Bertz CT molecular complexity index is 899. The molecule has 3 rings (SSSR count). The molecule has 8 heteroatoms. The maximum atomic E-state index is 9.89. The van der Waals surface area contributed by atoms with Crippen LogP contribution in [-0.4, -0.2) is 21.6 Å². The molecular formula is C16H14N6O2. The van der Waals surface area contributed by atoms with E-state index in [0.29, 0.717) is 11.3 Å². The number of benzene rings is 2. The number of phenols is 1. The Morgan fingerprint density at radius 3 is 2.46 bits per heavy atom. The van der Waals surface area contributed by atoms with E-state index in [1.165, 1.54) is 12.3 Å². The van der Waals surface area contributed by atoms with Crippen LogP contribution in [0.15, 0.2) is 62.3 Å². The van der Waals surface area contributed by atoms with E-state index < -0.39 is 0 Å². The first-order valence-electron chi connectivity index (χ1n) is 7.05. The third kappa shape index (κ3) is 3.61. The number of hydrogen-bond donors (Lipinski definition) is 2. The molecule has 8 nitrogen and oxygen atoms in total. The third-order valence-electron chi connectivity index (χ3n) is 3.15. The van der Waals surface area contributed by atoms with E-state index in [0.717, 1.165) is 11.3 Å². The van der Waals surface area contributed by atoms with Crippen molar-refractivity contribution >= 4 is 29.2 Å². The molecule has 0 bridgehead atoms. The number of azo groups is 1. The van der Waals surface area contributed by atoms with Gasteiger partial charge in [-0.1, -0.05) is 17.7 Å². The second-order valence-electron chi connectivity index (χ2n) is 5.01. The molecule has 0 saturated heterocycles. The summed E-state index contributed by atoms with van der Waals surface area (Å²) in [5.41, 5.74) is 8.42. The van der Waals surface area contributed by atoms with Crippen LogP contribution in [0.1, 0.15) is 11.1 Å². The number of aliphatic imine (C=N–C) groups is 1. The topological polar surface area (TPSA) is 122 Å². The Hall–Kier alpha value is -3.55. The molecule has 24 heavy (non-hydrogen) atoms. The van der Waals surface area contributed by atoms with Gasteiger partial charge in [0, 0.05) is 11.8 Å². The Labute approximate surface area is 137 Å². The third-order valence-corrected chi connectivity index (χ3v) is 3.15. The molecule has 0 aliphatic heterocycles. The molecule has 2 aromatic carbocycles. The molecule has 0 amide bonds. The van der Waals surface area contributed by atoms with Gasteiger partial charge in [0.1, 0.15) is 5.75 Å². The first-order chi connectivity index (χ1) is 11.6. The first kappa shape index (κ1) is 15.3. The van der Waals surface area contributed by atoms with Crippen LogP contribution in [-0.2, 0) is 0 Å². The molecule has 0 unspecified atom stereocenters.